The number of hydrogen-bond acceptors (Lipinski definition) is 1. The monoisotopic (exact) mass is 220 g/mol. The zero-order chi connectivity index (χ0) is 10.7. The predicted molar refractivity (Wildman–Crippen MR) is 63.8 cm³/mol. The second kappa shape index (κ2) is 4.21. The van der Waals surface area contributed by atoms with Gasteiger partial charge >= 0.3 is 0 Å². The average molecular weight is 221 g/mol. The number of allylic oxidation sites excluding steroid dienone is 2. The second-order valence-electron chi connectivity index (χ2n) is 3.56. The lowest BCUT2D eigenvalue weighted by molar-refractivity contribution is 0.107. The van der Waals surface area contributed by atoms with Gasteiger partial charge in [0.1, 0.15) is 0 Å². The minimum Gasteiger partial charge on any atom is -0.359 e. The lowest BCUT2D eigenvalue weighted by Gasteiger charge is -2.24. The third-order valence-corrected chi connectivity index (χ3v) is 2.93. The number of hydrogen-bond donors (Lipinski definition) is 0. The molecule has 15 heavy (non-hydrogen) atoms. The SMILES string of the molecule is COC1(Cl)C=C(c2ccccc2)C=CC1. The van der Waals surface area contributed by atoms with Crippen molar-refractivity contribution in [1.29, 1.82) is 0 Å². The molecule has 1 nitrogen and oxygen atoms in total. The molecule has 78 valence electrons. The van der Waals surface area contributed by atoms with Gasteiger partial charge in [0.05, 0.1) is 0 Å². The molecule has 2 heteroatoms. The Morgan fingerprint density at radius 2 is 2.00 bits per heavy atom. The Bertz CT molecular complexity index is 394. The highest BCUT2D eigenvalue weighted by atomic mass is 35.5. The third-order valence-electron chi connectivity index (χ3n) is 2.51. The molecule has 0 bridgehead atoms. The van der Waals surface area contributed by atoms with Crippen molar-refractivity contribution < 1.29 is 4.74 Å². The first-order chi connectivity index (χ1) is 7.23. The molecule has 1 aliphatic carbocycles. The van der Waals surface area contributed by atoms with Crippen molar-refractivity contribution in [3.05, 3.63) is 54.1 Å². The molecular formula is C13H13ClO. The molecule has 1 atom stereocenters. The van der Waals surface area contributed by atoms with Crippen molar-refractivity contribution in [3.63, 3.8) is 0 Å². The third kappa shape index (κ3) is 2.31. The summed E-state index contributed by atoms with van der Waals surface area (Å²) >= 11 is 6.25. The molecule has 1 aliphatic rings. The van der Waals surface area contributed by atoms with Crippen LogP contribution in [0.1, 0.15) is 12.0 Å². The van der Waals surface area contributed by atoms with E-state index in [-0.39, 0.29) is 0 Å². The summed E-state index contributed by atoms with van der Waals surface area (Å²) < 4.78 is 5.27. The molecule has 0 heterocycles. The number of halogens is 1. The first kappa shape index (κ1) is 10.5. The zero-order valence-corrected chi connectivity index (χ0v) is 9.37. The lowest BCUT2D eigenvalue weighted by Crippen LogP contribution is -2.22. The fourth-order valence-corrected chi connectivity index (χ4v) is 1.84. The van der Waals surface area contributed by atoms with Crippen molar-refractivity contribution in [1.82, 2.24) is 0 Å². The summed E-state index contributed by atoms with van der Waals surface area (Å²) in [6.07, 6.45) is 6.79. The van der Waals surface area contributed by atoms with E-state index < -0.39 is 5.06 Å². The Hall–Kier alpha value is -1.05. The van der Waals surface area contributed by atoms with E-state index in [2.05, 4.69) is 18.2 Å². The van der Waals surface area contributed by atoms with E-state index in [0.29, 0.717) is 6.42 Å². The molecule has 2 rings (SSSR count). The highest BCUT2D eigenvalue weighted by Gasteiger charge is 2.25. The number of benzene rings is 1. The Kier molecular flexibility index (Phi) is 2.94. The highest BCUT2D eigenvalue weighted by molar-refractivity contribution is 6.25. The van der Waals surface area contributed by atoms with Gasteiger partial charge in [-0.25, -0.2) is 0 Å². The maximum Gasteiger partial charge on any atom is 0.164 e. The van der Waals surface area contributed by atoms with Gasteiger partial charge in [-0.15, -0.1) is 0 Å². The topological polar surface area (TPSA) is 9.23 Å². The van der Waals surface area contributed by atoms with Crippen LogP contribution in [0.4, 0.5) is 0 Å². The molecule has 0 aromatic heterocycles. The summed E-state index contributed by atoms with van der Waals surface area (Å²) in [6.45, 7) is 0. The maximum absolute atomic E-state index is 6.25. The first-order valence-corrected chi connectivity index (χ1v) is 5.30. The molecule has 1 aromatic rings. The molecule has 0 aliphatic heterocycles. The van der Waals surface area contributed by atoms with E-state index in [0.717, 1.165) is 11.1 Å². The van der Waals surface area contributed by atoms with Crippen LogP contribution in [0.5, 0.6) is 0 Å². The molecule has 0 saturated heterocycles. The van der Waals surface area contributed by atoms with Crippen molar-refractivity contribution >= 4 is 17.2 Å². The van der Waals surface area contributed by atoms with E-state index in [1.807, 2.05) is 30.4 Å². The van der Waals surface area contributed by atoms with E-state index in [4.69, 9.17) is 16.3 Å². The van der Waals surface area contributed by atoms with Crippen LogP contribution >= 0.6 is 11.6 Å². The van der Waals surface area contributed by atoms with Crippen LogP contribution in [0, 0.1) is 0 Å². The molecule has 0 fully saturated rings. The van der Waals surface area contributed by atoms with E-state index in [9.17, 15) is 0 Å². The molecule has 1 unspecified atom stereocenters. The van der Waals surface area contributed by atoms with Gasteiger partial charge in [0, 0.05) is 13.5 Å². The van der Waals surface area contributed by atoms with Crippen molar-refractivity contribution in [2.45, 2.75) is 11.5 Å². The zero-order valence-electron chi connectivity index (χ0n) is 8.61. The van der Waals surface area contributed by atoms with E-state index in [1.54, 1.807) is 7.11 Å². The van der Waals surface area contributed by atoms with Gasteiger partial charge in [0.15, 0.2) is 5.06 Å². The van der Waals surface area contributed by atoms with Crippen LogP contribution in [0.15, 0.2) is 48.6 Å². The van der Waals surface area contributed by atoms with Gasteiger partial charge < -0.3 is 4.74 Å². The largest absolute Gasteiger partial charge is 0.359 e. The predicted octanol–water partition coefficient (Wildman–Crippen LogP) is 3.61. The van der Waals surface area contributed by atoms with Gasteiger partial charge in [-0.2, -0.15) is 0 Å². The fourth-order valence-electron chi connectivity index (χ4n) is 1.64. The first-order valence-electron chi connectivity index (χ1n) is 4.92. The molecule has 1 aromatic carbocycles. The van der Waals surface area contributed by atoms with E-state index >= 15 is 0 Å². The Labute approximate surface area is 95.0 Å². The van der Waals surface area contributed by atoms with Crippen LogP contribution in [0.25, 0.3) is 5.57 Å². The fraction of sp³-hybridized carbons (Fsp3) is 0.231. The van der Waals surface area contributed by atoms with Gasteiger partial charge in [0.2, 0.25) is 0 Å². The second-order valence-corrected chi connectivity index (χ2v) is 4.20. The average Bonchev–Trinajstić information content (AvgIpc) is 2.30. The minimum absolute atomic E-state index is 0.681. The van der Waals surface area contributed by atoms with Crippen LogP contribution in [0.3, 0.4) is 0 Å². The summed E-state index contributed by atoms with van der Waals surface area (Å²) in [5, 5.41) is -0.681. The Morgan fingerprint density at radius 3 is 2.67 bits per heavy atom. The summed E-state index contributed by atoms with van der Waals surface area (Å²) in [5.41, 5.74) is 2.27. The number of rotatable bonds is 2. The molecule has 0 amide bonds. The smallest absolute Gasteiger partial charge is 0.164 e. The quantitative estimate of drug-likeness (QED) is 0.692. The number of ether oxygens (including phenoxy) is 1. The van der Waals surface area contributed by atoms with Gasteiger partial charge in [0.25, 0.3) is 0 Å². The summed E-state index contributed by atoms with van der Waals surface area (Å²) in [7, 11) is 1.63. The van der Waals surface area contributed by atoms with Gasteiger partial charge in [-0.3, -0.25) is 0 Å². The standard InChI is InChI=1S/C13H13ClO/c1-15-13(14)9-5-8-12(10-13)11-6-3-2-4-7-11/h2-8,10H,9H2,1H3. The van der Waals surface area contributed by atoms with Gasteiger partial charge in [-0.1, -0.05) is 54.1 Å². The van der Waals surface area contributed by atoms with Gasteiger partial charge in [-0.05, 0) is 17.2 Å². The number of alkyl halides is 1. The lowest BCUT2D eigenvalue weighted by atomic mass is 9.98. The van der Waals surface area contributed by atoms with Crippen LogP contribution in [-0.4, -0.2) is 12.2 Å². The number of methoxy groups -OCH3 is 1. The van der Waals surface area contributed by atoms with Crippen LogP contribution < -0.4 is 0 Å². The van der Waals surface area contributed by atoms with Crippen LogP contribution in [-0.2, 0) is 4.74 Å². The Balaban J connectivity index is 2.34. The molecular weight excluding hydrogens is 208 g/mol. The van der Waals surface area contributed by atoms with Crippen molar-refractivity contribution in [2.24, 2.45) is 0 Å². The molecule has 0 N–H and O–H groups in total. The summed E-state index contributed by atoms with van der Waals surface area (Å²) in [6, 6.07) is 10.2. The molecule has 0 saturated carbocycles. The normalized spacial score (nSPS) is 25.1. The summed E-state index contributed by atoms with van der Waals surface area (Å²) in [5.74, 6) is 0. The minimum atomic E-state index is -0.681. The van der Waals surface area contributed by atoms with E-state index in [1.165, 1.54) is 0 Å². The Morgan fingerprint density at radius 1 is 1.27 bits per heavy atom. The van der Waals surface area contributed by atoms with Crippen LogP contribution in [0.2, 0.25) is 0 Å². The molecule has 0 spiro atoms. The van der Waals surface area contributed by atoms with Crippen molar-refractivity contribution in [3.8, 4) is 0 Å². The summed E-state index contributed by atoms with van der Waals surface area (Å²) in [4.78, 5) is 0. The highest BCUT2D eigenvalue weighted by Crippen LogP contribution is 2.32. The van der Waals surface area contributed by atoms with Crippen molar-refractivity contribution in [2.75, 3.05) is 7.11 Å². The molecule has 0 radical (unpaired) electrons. The maximum atomic E-state index is 6.25.